The van der Waals surface area contributed by atoms with E-state index in [0.29, 0.717) is 12.1 Å². The Bertz CT molecular complexity index is 1090. The minimum atomic E-state index is -0.899. The summed E-state index contributed by atoms with van der Waals surface area (Å²) in [6.07, 6.45) is -0.00829. The van der Waals surface area contributed by atoms with Gasteiger partial charge in [0.2, 0.25) is 5.91 Å². The Morgan fingerprint density at radius 3 is 2.17 bits per heavy atom. The number of rotatable bonds is 8. The molecule has 7 heteroatoms. The zero-order valence-electron chi connectivity index (χ0n) is 23.1. The summed E-state index contributed by atoms with van der Waals surface area (Å²) in [5.74, 6) is -0.860. The van der Waals surface area contributed by atoms with Crippen LogP contribution in [-0.4, -0.2) is 41.5 Å². The molecule has 2 aromatic rings. The van der Waals surface area contributed by atoms with Crippen molar-refractivity contribution < 1.29 is 19.1 Å². The molecule has 7 nitrogen and oxygen atoms in total. The van der Waals surface area contributed by atoms with Crippen molar-refractivity contribution in [3.05, 3.63) is 64.7 Å². The van der Waals surface area contributed by atoms with Crippen LogP contribution in [0.15, 0.2) is 42.5 Å². The van der Waals surface area contributed by atoms with Crippen molar-refractivity contribution in [3.63, 3.8) is 0 Å². The molecule has 3 amide bonds. The Labute approximate surface area is 215 Å². The molecule has 3 unspecified atom stereocenters. The van der Waals surface area contributed by atoms with E-state index in [0.717, 1.165) is 22.3 Å². The largest absolute Gasteiger partial charge is 0.444 e. The maximum Gasteiger partial charge on any atom is 0.408 e. The summed E-state index contributed by atoms with van der Waals surface area (Å²) in [5.41, 5.74) is 3.59. The first-order valence-corrected chi connectivity index (χ1v) is 12.5. The van der Waals surface area contributed by atoms with Crippen LogP contribution in [0.1, 0.15) is 69.3 Å². The van der Waals surface area contributed by atoms with E-state index in [-0.39, 0.29) is 17.7 Å². The standard InChI is InChI=1S/C29H41N3O4/c1-10-18(2)24(31-28(35)36-29(6,7)8)27(34)32(9)25(22-16-13-15-19(3)21(22)5)26(33)30-23-17-12-11-14-20(23)4/h11-18,24-25H,10H2,1-9H3,(H,30,33)(H,31,35). The van der Waals surface area contributed by atoms with Crippen molar-refractivity contribution in [1.29, 1.82) is 0 Å². The highest BCUT2D eigenvalue weighted by atomic mass is 16.6. The molecule has 0 aliphatic carbocycles. The van der Waals surface area contributed by atoms with Crippen LogP contribution in [0.3, 0.4) is 0 Å². The normalized spacial score (nSPS) is 13.8. The quantitative estimate of drug-likeness (QED) is 0.492. The van der Waals surface area contributed by atoms with Crippen molar-refractivity contribution >= 4 is 23.6 Å². The SMILES string of the molecule is CCC(C)C(NC(=O)OC(C)(C)C)C(=O)N(C)C(C(=O)Nc1ccccc1C)c1cccc(C)c1C. The van der Waals surface area contributed by atoms with Crippen LogP contribution in [0.2, 0.25) is 0 Å². The van der Waals surface area contributed by atoms with E-state index in [4.69, 9.17) is 4.74 Å². The lowest BCUT2D eigenvalue weighted by atomic mass is 9.93. The molecule has 2 aromatic carbocycles. The number of para-hydroxylation sites is 1. The first-order valence-electron chi connectivity index (χ1n) is 12.5. The number of anilines is 1. The van der Waals surface area contributed by atoms with Gasteiger partial charge in [-0.25, -0.2) is 4.79 Å². The lowest BCUT2D eigenvalue weighted by Crippen LogP contribution is -2.53. The number of benzene rings is 2. The van der Waals surface area contributed by atoms with Crippen LogP contribution in [0, 0.1) is 26.7 Å². The number of alkyl carbamates (subject to hydrolysis) is 1. The van der Waals surface area contributed by atoms with Crippen molar-refractivity contribution in [3.8, 4) is 0 Å². The average Bonchev–Trinajstić information content (AvgIpc) is 2.79. The Kier molecular flexibility index (Phi) is 9.68. The monoisotopic (exact) mass is 495 g/mol. The Hall–Kier alpha value is -3.35. The van der Waals surface area contributed by atoms with Crippen LogP contribution in [-0.2, 0) is 14.3 Å². The van der Waals surface area contributed by atoms with E-state index in [1.165, 1.54) is 4.90 Å². The molecule has 2 N–H and O–H groups in total. The van der Waals surface area contributed by atoms with Crippen LogP contribution >= 0.6 is 0 Å². The van der Waals surface area contributed by atoms with Gasteiger partial charge in [-0.2, -0.15) is 0 Å². The lowest BCUT2D eigenvalue weighted by molar-refractivity contribution is -0.140. The van der Waals surface area contributed by atoms with Crippen molar-refractivity contribution in [2.45, 2.75) is 79.5 Å². The Balaban J connectivity index is 2.47. The Morgan fingerprint density at radius 1 is 0.972 bits per heavy atom. The zero-order chi connectivity index (χ0) is 27.2. The number of hydrogen-bond acceptors (Lipinski definition) is 4. The molecule has 0 radical (unpaired) electrons. The van der Waals surface area contributed by atoms with Crippen molar-refractivity contribution in [2.24, 2.45) is 5.92 Å². The predicted octanol–water partition coefficient (Wildman–Crippen LogP) is 5.69. The van der Waals surface area contributed by atoms with Crippen molar-refractivity contribution in [2.75, 3.05) is 12.4 Å². The van der Waals surface area contributed by atoms with Crippen molar-refractivity contribution in [1.82, 2.24) is 10.2 Å². The van der Waals surface area contributed by atoms with Gasteiger partial charge in [-0.3, -0.25) is 9.59 Å². The summed E-state index contributed by atoms with van der Waals surface area (Å²) in [6, 6.07) is 11.5. The van der Waals surface area contributed by atoms with Gasteiger partial charge < -0.3 is 20.3 Å². The molecule has 0 aliphatic heterocycles. The van der Waals surface area contributed by atoms with Gasteiger partial charge in [-0.15, -0.1) is 0 Å². The third-order valence-electron chi connectivity index (χ3n) is 6.48. The summed E-state index contributed by atoms with van der Waals surface area (Å²) in [6.45, 7) is 15.0. The van der Waals surface area contributed by atoms with Gasteiger partial charge in [-0.1, -0.05) is 56.7 Å². The molecule has 3 atom stereocenters. The summed E-state index contributed by atoms with van der Waals surface area (Å²) in [5, 5.41) is 5.75. The minimum absolute atomic E-state index is 0.175. The number of nitrogens with one attached hydrogen (secondary N) is 2. The number of amides is 3. The molecule has 0 heterocycles. The molecule has 0 bridgehead atoms. The molecule has 0 saturated carbocycles. The molecule has 0 fully saturated rings. The number of likely N-dealkylation sites (N-methyl/N-ethyl adjacent to an activating group) is 1. The van der Waals surface area contributed by atoms with E-state index < -0.39 is 23.8 Å². The fourth-order valence-corrected chi connectivity index (χ4v) is 3.97. The van der Waals surface area contributed by atoms with E-state index in [9.17, 15) is 14.4 Å². The van der Waals surface area contributed by atoms with Crippen LogP contribution < -0.4 is 10.6 Å². The van der Waals surface area contributed by atoms with Crippen LogP contribution in [0.4, 0.5) is 10.5 Å². The molecule has 0 spiro atoms. The summed E-state index contributed by atoms with van der Waals surface area (Å²) in [4.78, 5) is 41.6. The molecule has 0 aromatic heterocycles. The van der Waals surface area contributed by atoms with Gasteiger partial charge in [0.25, 0.3) is 5.91 Å². The fraction of sp³-hybridized carbons (Fsp3) is 0.483. The average molecular weight is 496 g/mol. The number of carbonyl (C=O) groups excluding carboxylic acids is 3. The molecular formula is C29H41N3O4. The maximum absolute atomic E-state index is 13.9. The van der Waals surface area contributed by atoms with Gasteiger partial charge in [0.1, 0.15) is 17.7 Å². The predicted molar refractivity (Wildman–Crippen MR) is 144 cm³/mol. The highest BCUT2D eigenvalue weighted by Gasteiger charge is 2.37. The number of nitrogens with zero attached hydrogens (tertiary/aromatic N) is 1. The van der Waals surface area contributed by atoms with Crippen LogP contribution in [0.25, 0.3) is 0 Å². The molecule has 2 rings (SSSR count). The minimum Gasteiger partial charge on any atom is -0.444 e. The molecule has 0 saturated heterocycles. The first kappa shape index (κ1) is 28.9. The van der Waals surface area contributed by atoms with E-state index in [1.54, 1.807) is 27.8 Å². The molecular weight excluding hydrogens is 454 g/mol. The van der Waals surface area contributed by atoms with Gasteiger partial charge >= 0.3 is 6.09 Å². The molecule has 36 heavy (non-hydrogen) atoms. The number of hydrogen-bond donors (Lipinski definition) is 2. The summed E-state index contributed by atoms with van der Waals surface area (Å²) >= 11 is 0. The summed E-state index contributed by atoms with van der Waals surface area (Å²) in [7, 11) is 1.61. The number of carbonyl (C=O) groups is 3. The maximum atomic E-state index is 13.9. The third-order valence-corrected chi connectivity index (χ3v) is 6.48. The highest BCUT2D eigenvalue weighted by molar-refractivity contribution is 5.99. The highest BCUT2D eigenvalue weighted by Crippen LogP contribution is 2.29. The van der Waals surface area contributed by atoms with E-state index >= 15 is 0 Å². The smallest absolute Gasteiger partial charge is 0.408 e. The van der Waals surface area contributed by atoms with Crippen LogP contribution in [0.5, 0.6) is 0 Å². The topological polar surface area (TPSA) is 87.7 Å². The fourth-order valence-electron chi connectivity index (χ4n) is 3.97. The first-order chi connectivity index (χ1) is 16.8. The van der Waals surface area contributed by atoms with Gasteiger partial charge in [0.05, 0.1) is 0 Å². The van der Waals surface area contributed by atoms with Gasteiger partial charge in [0, 0.05) is 12.7 Å². The molecule has 0 aliphatic rings. The van der Waals surface area contributed by atoms with E-state index in [1.807, 2.05) is 77.1 Å². The van der Waals surface area contributed by atoms with E-state index in [2.05, 4.69) is 10.6 Å². The van der Waals surface area contributed by atoms with Gasteiger partial charge in [-0.05, 0) is 75.8 Å². The zero-order valence-corrected chi connectivity index (χ0v) is 23.1. The second-order valence-electron chi connectivity index (χ2n) is 10.5. The van der Waals surface area contributed by atoms with Gasteiger partial charge in [0.15, 0.2) is 0 Å². The second-order valence-corrected chi connectivity index (χ2v) is 10.5. The third kappa shape index (κ3) is 7.33. The summed E-state index contributed by atoms with van der Waals surface area (Å²) < 4.78 is 5.41. The number of ether oxygens (including phenoxy) is 1. The second kappa shape index (κ2) is 12.1. The number of aryl methyl sites for hydroxylation is 2. The lowest BCUT2D eigenvalue weighted by Gasteiger charge is -2.34. The molecule has 196 valence electrons. The Morgan fingerprint density at radius 2 is 1.58 bits per heavy atom.